The minimum absolute atomic E-state index is 0.111. The van der Waals surface area contributed by atoms with E-state index in [0.717, 1.165) is 0 Å². The van der Waals surface area contributed by atoms with Crippen molar-refractivity contribution in [2.24, 2.45) is 0 Å². The molecule has 2 rings (SSSR count). The zero-order chi connectivity index (χ0) is 21.2. The number of anilines is 1. The molecule has 0 saturated heterocycles. The van der Waals surface area contributed by atoms with Gasteiger partial charge in [0.1, 0.15) is 5.75 Å². The summed E-state index contributed by atoms with van der Waals surface area (Å²) in [5, 5.41) is 3.33. The number of nitrogens with one attached hydrogen (secondary N) is 1. The van der Waals surface area contributed by atoms with Crippen molar-refractivity contribution in [2.45, 2.75) is 13.8 Å². The van der Waals surface area contributed by atoms with Crippen molar-refractivity contribution < 1.29 is 23.8 Å². The lowest BCUT2D eigenvalue weighted by atomic mass is 10.2. The van der Waals surface area contributed by atoms with Gasteiger partial charge in [-0.1, -0.05) is 11.6 Å². The summed E-state index contributed by atoms with van der Waals surface area (Å²) in [6.45, 7) is 4.45. The van der Waals surface area contributed by atoms with Crippen LogP contribution in [0.4, 0.5) is 5.69 Å². The standard InChI is InChI=1S/C21H25ClN2O5/c1-4-27-18-11-8-16(12-19(18)28-5-2)23-20(25)13-24(3)21(26)14-29-17-9-6-15(22)7-10-17/h6-12H,4-5,13-14H2,1-3H3,(H,23,25). The summed E-state index contributed by atoms with van der Waals surface area (Å²) in [4.78, 5) is 25.8. The molecule has 0 bridgehead atoms. The minimum atomic E-state index is -0.334. The topological polar surface area (TPSA) is 77.1 Å². The Kier molecular flexibility index (Phi) is 8.61. The molecule has 2 aromatic rings. The van der Waals surface area contributed by atoms with Gasteiger partial charge in [-0.15, -0.1) is 0 Å². The molecule has 0 spiro atoms. The molecule has 0 unspecified atom stereocenters. The summed E-state index contributed by atoms with van der Waals surface area (Å²) in [6.07, 6.45) is 0. The molecule has 0 saturated carbocycles. The molecule has 29 heavy (non-hydrogen) atoms. The molecule has 0 aromatic heterocycles. The number of likely N-dealkylation sites (N-methyl/N-ethyl adjacent to an activating group) is 1. The van der Waals surface area contributed by atoms with Gasteiger partial charge < -0.3 is 24.4 Å². The number of carbonyl (C=O) groups excluding carboxylic acids is 2. The van der Waals surface area contributed by atoms with Gasteiger partial charge >= 0.3 is 0 Å². The van der Waals surface area contributed by atoms with Gasteiger partial charge in [-0.05, 0) is 50.2 Å². The van der Waals surface area contributed by atoms with Crippen LogP contribution in [0.25, 0.3) is 0 Å². The van der Waals surface area contributed by atoms with Gasteiger partial charge in [0.05, 0.1) is 19.8 Å². The predicted octanol–water partition coefficient (Wildman–Crippen LogP) is 3.61. The van der Waals surface area contributed by atoms with Gasteiger partial charge in [-0.2, -0.15) is 0 Å². The lowest BCUT2D eigenvalue weighted by Gasteiger charge is -2.18. The van der Waals surface area contributed by atoms with Crippen molar-refractivity contribution in [3.05, 3.63) is 47.5 Å². The maximum Gasteiger partial charge on any atom is 0.260 e. The number of amides is 2. The van der Waals surface area contributed by atoms with Crippen molar-refractivity contribution in [2.75, 3.05) is 38.7 Å². The monoisotopic (exact) mass is 420 g/mol. The summed E-state index contributed by atoms with van der Waals surface area (Å²) in [5.41, 5.74) is 0.556. The van der Waals surface area contributed by atoms with Gasteiger partial charge in [0, 0.05) is 23.8 Å². The van der Waals surface area contributed by atoms with Crippen molar-refractivity contribution >= 4 is 29.1 Å². The molecular formula is C21H25ClN2O5. The first-order valence-electron chi connectivity index (χ1n) is 9.24. The van der Waals surface area contributed by atoms with E-state index in [-0.39, 0.29) is 25.0 Å². The van der Waals surface area contributed by atoms with Crippen molar-refractivity contribution in [3.63, 3.8) is 0 Å². The highest BCUT2D eigenvalue weighted by atomic mass is 35.5. The van der Waals surface area contributed by atoms with Gasteiger partial charge in [0.2, 0.25) is 5.91 Å². The fourth-order valence-corrected chi connectivity index (χ4v) is 2.55. The normalized spacial score (nSPS) is 10.2. The molecule has 0 fully saturated rings. The fraction of sp³-hybridized carbons (Fsp3) is 0.333. The predicted molar refractivity (Wildman–Crippen MR) is 112 cm³/mol. The first-order valence-corrected chi connectivity index (χ1v) is 9.62. The van der Waals surface area contributed by atoms with Gasteiger partial charge in [-0.3, -0.25) is 9.59 Å². The second-order valence-corrected chi connectivity index (χ2v) is 6.50. The van der Waals surface area contributed by atoms with Crippen LogP contribution in [-0.2, 0) is 9.59 Å². The Hall–Kier alpha value is -2.93. The van der Waals surface area contributed by atoms with E-state index in [2.05, 4.69) is 5.32 Å². The number of halogens is 1. The quantitative estimate of drug-likeness (QED) is 0.635. The molecule has 8 heteroatoms. The van der Waals surface area contributed by atoms with Crippen molar-refractivity contribution in [1.29, 1.82) is 0 Å². The van der Waals surface area contributed by atoms with Crippen LogP contribution in [0, 0.1) is 0 Å². The third-order valence-corrected chi connectivity index (χ3v) is 4.06. The van der Waals surface area contributed by atoms with Gasteiger partial charge in [0.15, 0.2) is 18.1 Å². The van der Waals surface area contributed by atoms with Crippen LogP contribution < -0.4 is 19.5 Å². The molecule has 1 N–H and O–H groups in total. The Labute approximate surface area is 175 Å². The van der Waals surface area contributed by atoms with Crippen LogP contribution in [0.3, 0.4) is 0 Å². The van der Waals surface area contributed by atoms with E-state index in [1.165, 1.54) is 11.9 Å². The summed E-state index contributed by atoms with van der Waals surface area (Å²) in [6, 6.07) is 11.8. The van der Waals surface area contributed by atoms with Crippen LogP contribution >= 0.6 is 11.6 Å². The van der Waals surface area contributed by atoms with E-state index >= 15 is 0 Å². The van der Waals surface area contributed by atoms with Crippen molar-refractivity contribution in [1.82, 2.24) is 4.90 Å². The van der Waals surface area contributed by atoms with Crippen LogP contribution in [0.2, 0.25) is 5.02 Å². The molecule has 0 atom stereocenters. The molecule has 7 nitrogen and oxygen atoms in total. The summed E-state index contributed by atoms with van der Waals surface area (Å²) < 4.78 is 16.5. The first-order chi connectivity index (χ1) is 13.9. The second-order valence-electron chi connectivity index (χ2n) is 6.07. The van der Waals surface area contributed by atoms with E-state index in [4.69, 9.17) is 25.8 Å². The lowest BCUT2D eigenvalue weighted by molar-refractivity contribution is -0.135. The Bertz CT molecular complexity index is 826. The maximum absolute atomic E-state index is 12.3. The summed E-state index contributed by atoms with van der Waals surface area (Å²) in [5.74, 6) is 1.03. The van der Waals surface area contributed by atoms with Gasteiger partial charge in [-0.25, -0.2) is 0 Å². The van der Waals surface area contributed by atoms with Crippen LogP contribution in [-0.4, -0.2) is 50.1 Å². The Morgan fingerprint density at radius 2 is 1.62 bits per heavy atom. The number of hydrogen-bond acceptors (Lipinski definition) is 5. The summed E-state index contributed by atoms with van der Waals surface area (Å²) in [7, 11) is 1.54. The number of hydrogen-bond donors (Lipinski definition) is 1. The maximum atomic E-state index is 12.3. The average Bonchev–Trinajstić information content (AvgIpc) is 2.69. The zero-order valence-corrected chi connectivity index (χ0v) is 17.5. The first kappa shape index (κ1) is 22.4. The Balaban J connectivity index is 1.87. The minimum Gasteiger partial charge on any atom is -0.490 e. The lowest BCUT2D eigenvalue weighted by Crippen LogP contribution is -2.37. The SMILES string of the molecule is CCOc1ccc(NC(=O)CN(C)C(=O)COc2ccc(Cl)cc2)cc1OCC. The largest absolute Gasteiger partial charge is 0.490 e. The van der Waals surface area contributed by atoms with Gasteiger partial charge in [0.25, 0.3) is 5.91 Å². The summed E-state index contributed by atoms with van der Waals surface area (Å²) >= 11 is 5.81. The molecule has 0 radical (unpaired) electrons. The highest BCUT2D eigenvalue weighted by molar-refractivity contribution is 6.30. The van der Waals surface area contributed by atoms with E-state index in [0.29, 0.717) is 41.2 Å². The van der Waals surface area contributed by atoms with E-state index in [1.807, 2.05) is 13.8 Å². The third-order valence-electron chi connectivity index (χ3n) is 3.81. The van der Waals surface area contributed by atoms with Crippen LogP contribution in [0.1, 0.15) is 13.8 Å². The number of rotatable bonds is 10. The molecule has 0 aliphatic heterocycles. The fourth-order valence-electron chi connectivity index (χ4n) is 2.42. The van der Waals surface area contributed by atoms with Crippen molar-refractivity contribution in [3.8, 4) is 17.2 Å². The molecule has 2 amide bonds. The average molecular weight is 421 g/mol. The third kappa shape index (κ3) is 7.19. The number of carbonyl (C=O) groups is 2. The highest BCUT2D eigenvalue weighted by Gasteiger charge is 2.15. The Morgan fingerprint density at radius 1 is 0.966 bits per heavy atom. The number of benzene rings is 2. The number of nitrogens with zero attached hydrogens (tertiary/aromatic N) is 1. The highest BCUT2D eigenvalue weighted by Crippen LogP contribution is 2.30. The van der Waals surface area contributed by atoms with E-state index in [1.54, 1.807) is 42.5 Å². The van der Waals surface area contributed by atoms with Crippen LogP contribution in [0.5, 0.6) is 17.2 Å². The molecule has 0 heterocycles. The number of ether oxygens (including phenoxy) is 3. The Morgan fingerprint density at radius 3 is 2.28 bits per heavy atom. The van der Waals surface area contributed by atoms with E-state index < -0.39 is 0 Å². The van der Waals surface area contributed by atoms with E-state index in [9.17, 15) is 9.59 Å². The smallest absolute Gasteiger partial charge is 0.260 e. The zero-order valence-electron chi connectivity index (χ0n) is 16.7. The molecule has 0 aliphatic carbocycles. The van der Waals surface area contributed by atoms with Crippen LogP contribution in [0.15, 0.2) is 42.5 Å². The molecular weight excluding hydrogens is 396 g/mol. The molecule has 2 aromatic carbocycles. The molecule has 156 valence electrons. The second kappa shape index (κ2) is 11.2. The molecule has 0 aliphatic rings.